The average molecular weight is 537 g/mol. The summed E-state index contributed by atoms with van der Waals surface area (Å²) in [5.74, 6) is -0.230. The highest BCUT2D eigenvalue weighted by molar-refractivity contribution is 7.20. The lowest BCUT2D eigenvalue weighted by molar-refractivity contribution is 0.627. The molecule has 0 radical (unpaired) electrons. The van der Waals surface area contributed by atoms with Crippen molar-refractivity contribution >= 4 is 49.8 Å². The summed E-state index contributed by atoms with van der Waals surface area (Å²) in [6.45, 7) is 0. The molecule has 0 atom stereocenters. The standard InChI is InChI=1S/C36H25FN2S/c37-27-18-14-24(15-19-27)32-21-17-26-13-12-25-16-20-31(38-34(25)35(26)39-32)23-10-8-22(9-11-23)28-5-3-6-30-29-4-1-2-7-33(29)40-36(28)30/h2-3,5-16,18-20H,1,4,17,21H2. The van der Waals surface area contributed by atoms with Crippen LogP contribution in [0.3, 0.4) is 0 Å². The maximum atomic E-state index is 13.5. The topological polar surface area (TPSA) is 25.2 Å². The van der Waals surface area contributed by atoms with Crippen LogP contribution in [0, 0.1) is 5.82 Å². The highest BCUT2D eigenvalue weighted by Crippen LogP contribution is 2.41. The summed E-state index contributed by atoms with van der Waals surface area (Å²) in [4.78, 5) is 11.6. The molecule has 0 amide bonds. The van der Waals surface area contributed by atoms with E-state index in [1.807, 2.05) is 23.5 Å². The average Bonchev–Trinajstić information content (AvgIpc) is 3.40. The summed E-state index contributed by atoms with van der Waals surface area (Å²) < 4.78 is 14.9. The number of aliphatic imine (C=N–C) groups is 1. The first-order valence-electron chi connectivity index (χ1n) is 13.8. The van der Waals surface area contributed by atoms with Gasteiger partial charge in [-0.25, -0.2) is 9.37 Å². The van der Waals surface area contributed by atoms with E-state index < -0.39 is 0 Å². The van der Waals surface area contributed by atoms with Gasteiger partial charge in [-0.15, -0.1) is 11.3 Å². The van der Waals surface area contributed by atoms with Crippen LogP contribution in [-0.4, -0.2) is 10.7 Å². The Morgan fingerprint density at radius 2 is 1.52 bits per heavy atom. The first-order chi connectivity index (χ1) is 19.7. The normalized spacial score (nSPS) is 14.3. The summed E-state index contributed by atoms with van der Waals surface area (Å²) in [5, 5.41) is 2.47. The van der Waals surface area contributed by atoms with Crippen LogP contribution in [0.15, 0.2) is 102 Å². The minimum absolute atomic E-state index is 0.230. The number of thiophene rings is 1. The van der Waals surface area contributed by atoms with E-state index in [0.29, 0.717) is 0 Å². The van der Waals surface area contributed by atoms with Crippen LogP contribution < -0.4 is 0 Å². The Morgan fingerprint density at radius 3 is 2.40 bits per heavy atom. The second-order valence-corrected chi connectivity index (χ2v) is 11.6. The fraction of sp³-hybridized carbons (Fsp3) is 0.111. The second-order valence-electron chi connectivity index (χ2n) is 10.6. The molecule has 0 N–H and O–H groups in total. The Balaban J connectivity index is 1.18. The molecule has 2 aromatic heterocycles. The molecule has 1 aliphatic heterocycles. The minimum Gasteiger partial charge on any atom is -0.250 e. The Morgan fingerprint density at radius 1 is 0.725 bits per heavy atom. The first-order valence-corrected chi connectivity index (χ1v) is 14.6. The number of hydrogen-bond acceptors (Lipinski definition) is 3. The monoisotopic (exact) mass is 536 g/mol. The molecule has 3 heterocycles. The summed E-state index contributed by atoms with van der Waals surface area (Å²) in [6.07, 6.45) is 8.55. The molecule has 1 aliphatic carbocycles. The van der Waals surface area contributed by atoms with Crippen LogP contribution in [-0.2, 0) is 12.8 Å². The number of benzene rings is 4. The molecule has 0 spiro atoms. The van der Waals surface area contributed by atoms with Crippen LogP contribution in [0.2, 0.25) is 0 Å². The van der Waals surface area contributed by atoms with Crippen LogP contribution in [0.1, 0.15) is 34.4 Å². The van der Waals surface area contributed by atoms with E-state index in [2.05, 4.69) is 78.9 Å². The van der Waals surface area contributed by atoms with Gasteiger partial charge in [-0.05, 0) is 83.2 Å². The smallest absolute Gasteiger partial charge is 0.123 e. The second kappa shape index (κ2) is 9.35. The van der Waals surface area contributed by atoms with Gasteiger partial charge in [0.15, 0.2) is 0 Å². The van der Waals surface area contributed by atoms with Crippen molar-refractivity contribution in [3.63, 3.8) is 0 Å². The number of hydrogen-bond donors (Lipinski definition) is 0. The lowest BCUT2D eigenvalue weighted by Gasteiger charge is -2.17. The summed E-state index contributed by atoms with van der Waals surface area (Å²) in [5.41, 5.74) is 11.0. The van der Waals surface area contributed by atoms with Crippen LogP contribution in [0.5, 0.6) is 0 Å². The molecule has 40 heavy (non-hydrogen) atoms. The fourth-order valence-corrected chi connectivity index (χ4v) is 7.36. The molecule has 0 saturated carbocycles. The predicted octanol–water partition coefficient (Wildman–Crippen LogP) is 9.95. The quantitative estimate of drug-likeness (QED) is 0.221. The summed E-state index contributed by atoms with van der Waals surface area (Å²) in [6, 6.07) is 30.7. The van der Waals surface area contributed by atoms with E-state index in [1.165, 1.54) is 49.3 Å². The van der Waals surface area contributed by atoms with E-state index in [1.54, 1.807) is 0 Å². The molecule has 8 rings (SSSR count). The number of aryl methyl sites for hydroxylation is 2. The van der Waals surface area contributed by atoms with Crippen molar-refractivity contribution in [2.45, 2.75) is 25.7 Å². The molecule has 0 saturated heterocycles. The van der Waals surface area contributed by atoms with Crippen molar-refractivity contribution in [1.82, 2.24) is 4.98 Å². The van der Waals surface area contributed by atoms with Gasteiger partial charge in [0.1, 0.15) is 5.82 Å². The number of aromatic nitrogens is 1. The molecule has 2 nitrogen and oxygen atoms in total. The van der Waals surface area contributed by atoms with E-state index in [-0.39, 0.29) is 5.82 Å². The molecule has 6 aromatic rings. The highest BCUT2D eigenvalue weighted by Gasteiger charge is 2.18. The molecule has 4 heteroatoms. The minimum atomic E-state index is -0.230. The molecule has 0 bridgehead atoms. The van der Waals surface area contributed by atoms with Gasteiger partial charge in [-0.2, -0.15) is 0 Å². The van der Waals surface area contributed by atoms with Crippen molar-refractivity contribution in [3.8, 4) is 22.4 Å². The third-order valence-corrected chi connectivity index (χ3v) is 9.39. The Labute approximate surface area is 236 Å². The van der Waals surface area contributed by atoms with Crippen LogP contribution in [0.4, 0.5) is 10.1 Å². The van der Waals surface area contributed by atoms with Gasteiger partial charge in [0.25, 0.3) is 0 Å². The van der Waals surface area contributed by atoms with Crippen molar-refractivity contribution < 1.29 is 4.39 Å². The Bertz CT molecular complexity index is 2000. The molecule has 2 aliphatic rings. The SMILES string of the molecule is Fc1ccc(C2=Nc3c(ccc4ccc(-c5ccc(-c6cccc7c8c(sc67)C=CCC8)cc5)nc34)CC2)cc1. The third kappa shape index (κ3) is 3.90. The lowest BCUT2D eigenvalue weighted by atomic mass is 9.95. The molecule has 192 valence electrons. The zero-order valence-corrected chi connectivity index (χ0v) is 22.6. The van der Waals surface area contributed by atoms with Gasteiger partial charge in [0.05, 0.1) is 16.9 Å². The fourth-order valence-electron chi connectivity index (χ4n) is 6.05. The largest absolute Gasteiger partial charge is 0.250 e. The van der Waals surface area contributed by atoms with E-state index in [4.69, 9.17) is 9.98 Å². The van der Waals surface area contributed by atoms with Gasteiger partial charge in [0.2, 0.25) is 0 Å². The van der Waals surface area contributed by atoms with Crippen LogP contribution >= 0.6 is 11.3 Å². The van der Waals surface area contributed by atoms with Gasteiger partial charge >= 0.3 is 0 Å². The van der Waals surface area contributed by atoms with Crippen molar-refractivity contribution in [2.75, 3.05) is 0 Å². The third-order valence-electron chi connectivity index (χ3n) is 8.15. The van der Waals surface area contributed by atoms with Crippen molar-refractivity contribution in [2.24, 2.45) is 4.99 Å². The van der Waals surface area contributed by atoms with Gasteiger partial charge in [0, 0.05) is 26.2 Å². The number of allylic oxidation sites excluding steroid dienone is 1. The van der Waals surface area contributed by atoms with E-state index in [9.17, 15) is 4.39 Å². The number of nitrogens with zero attached hydrogens (tertiary/aromatic N) is 2. The zero-order valence-electron chi connectivity index (χ0n) is 21.8. The zero-order chi connectivity index (χ0) is 26.6. The van der Waals surface area contributed by atoms with Crippen molar-refractivity contribution in [3.05, 3.63) is 124 Å². The summed E-state index contributed by atoms with van der Waals surface area (Å²) in [7, 11) is 0. The predicted molar refractivity (Wildman–Crippen MR) is 166 cm³/mol. The number of pyridine rings is 1. The van der Waals surface area contributed by atoms with Gasteiger partial charge in [-0.3, -0.25) is 4.99 Å². The van der Waals surface area contributed by atoms with E-state index >= 15 is 0 Å². The Kier molecular flexibility index (Phi) is 5.49. The first kappa shape index (κ1) is 23.5. The van der Waals surface area contributed by atoms with Gasteiger partial charge in [-0.1, -0.05) is 78.9 Å². The molecular weight excluding hydrogens is 511 g/mol. The highest BCUT2D eigenvalue weighted by atomic mass is 32.1. The van der Waals surface area contributed by atoms with E-state index in [0.717, 1.165) is 64.8 Å². The lowest BCUT2D eigenvalue weighted by Crippen LogP contribution is -2.08. The van der Waals surface area contributed by atoms with Crippen molar-refractivity contribution in [1.29, 1.82) is 0 Å². The molecule has 0 fully saturated rings. The maximum Gasteiger partial charge on any atom is 0.123 e. The molecule has 4 aromatic carbocycles. The van der Waals surface area contributed by atoms with Crippen LogP contribution in [0.25, 0.3) is 49.4 Å². The molecular formula is C36H25FN2S. The number of halogens is 1. The number of fused-ring (bicyclic) bond motifs is 6. The maximum absolute atomic E-state index is 13.5. The Hall–Kier alpha value is -4.41. The molecule has 0 unspecified atom stereocenters. The van der Waals surface area contributed by atoms with Gasteiger partial charge < -0.3 is 0 Å². The summed E-state index contributed by atoms with van der Waals surface area (Å²) >= 11 is 1.91. The number of rotatable bonds is 3.